The van der Waals surface area contributed by atoms with Gasteiger partial charge in [-0.15, -0.1) is 11.3 Å². The van der Waals surface area contributed by atoms with Gasteiger partial charge in [-0.1, -0.05) is 29.8 Å². The van der Waals surface area contributed by atoms with Crippen LogP contribution in [-0.4, -0.2) is 17.0 Å². The van der Waals surface area contributed by atoms with Crippen molar-refractivity contribution in [3.05, 3.63) is 51.9 Å². The van der Waals surface area contributed by atoms with Gasteiger partial charge in [-0.25, -0.2) is 4.79 Å². The Morgan fingerprint density at radius 3 is 2.73 bits per heavy atom. The number of hydrogen-bond acceptors (Lipinski definition) is 3. The average molecular weight is 315 g/mol. The quantitative estimate of drug-likeness (QED) is 0.881. The maximum Gasteiger partial charge on any atom is 0.346 e. The lowest BCUT2D eigenvalue weighted by Gasteiger charge is -2.03. The Bertz CT molecular complexity index is 731. The van der Waals surface area contributed by atoms with Crippen LogP contribution in [0.4, 0.5) is 5.00 Å². The normalized spacial score (nSPS) is 13.9. The molecule has 0 aliphatic heterocycles. The topological polar surface area (TPSA) is 66.4 Å². The summed E-state index contributed by atoms with van der Waals surface area (Å²) in [6.45, 7) is 1.99. The molecule has 3 rings (SSSR count). The Morgan fingerprint density at radius 1 is 1.32 bits per heavy atom. The maximum atomic E-state index is 12.1. The minimum absolute atomic E-state index is 0.119. The lowest BCUT2D eigenvalue weighted by atomic mass is 10.1. The zero-order valence-corrected chi connectivity index (χ0v) is 13.1. The van der Waals surface area contributed by atoms with Crippen LogP contribution in [0.5, 0.6) is 0 Å². The molecule has 5 heteroatoms. The van der Waals surface area contributed by atoms with Crippen LogP contribution in [0.25, 0.3) is 0 Å². The molecule has 0 spiro atoms. The minimum Gasteiger partial charge on any atom is -0.477 e. The molecular weight excluding hydrogens is 298 g/mol. The monoisotopic (exact) mass is 315 g/mol. The number of nitrogens with one attached hydrogen (secondary N) is 1. The van der Waals surface area contributed by atoms with Gasteiger partial charge < -0.3 is 10.4 Å². The van der Waals surface area contributed by atoms with Gasteiger partial charge in [0.1, 0.15) is 4.88 Å². The standard InChI is InChI=1S/C17H17NO3S/c1-10-3-2-4-11(7-10)8-14(19)18-15-9-13(12-5-6-12)16(22-15)17(20)21/h2-4,7,9,12H,5-6,8H2,1H3,(H,18,19)(H,20,21). The molecule has 22 heavy (non-hydrogen) atoms. The van der Waals surface area contributed by atoms with E-state index in [1.807, 2.05) is 37.3 Å². The van der Waals surface area contributed by atoms with Crippen molar-refractivity contribution in [2.24, 2.45) is 0 Å². The first-order valence-corrected chi connectivity index (χ1v) is 8.07. The largest absolute Gasteiger partial charge is 0.477 e. The lowest BCUT2D eigenvalue weighted by Crippen LogP contribution is -2.13. The molecule has 1 aliphatic carbocycles. The van der Waals surface area contributed by atoms with E-state index < -0.39 is 5.97 Å². The highest BCUT2D eigenvalue weighted by Gasteiger charge is 2.30. The summed E-state index contributed by atoms with van der Waals surface area (Å²) in [5.41, 5.74) is 2.93. The Balaban J connectivity index is 1.71. The number of benzene rings is 1. The molecule has 1 amide bonds. The molecule has 0 radical (unpaired) electrons. The fourth-order valence-corrected chi connectivity index (χ4v) is 3.52. The van der Waals surface area contributed by atoms with E-state index in [1.54, 1.807) is 0 Å². The van der Waals surface area contributed by atoms with Gasteiger partial charge in [-0.05, 0) is 42.9 Å². The molecule has 1 aliphatic rings. The molecule has 0 unspecified atom stereocenters. The van der Waals surface area contributed by atoms with Crippen LogP contribution in [0.3, 0.4) is 0 Å². The van der Waals surface area contributed by atoms with Crippen molar-refractivity contribution in [2.45, 2.75) is 32.1 Å². The van der Waals surface area contributed by atoms with Crippen LogP contribution in [-0.2, 0) is 11.2 Å². The van der Waals surface area contributed by atoms with Crippen molar-refractivity contribution >= 4 is 28.2 Å². The number of carboxylic acid groups (broad SMARTS) is 1. The van der Waals surface area contributed by atoms with Gasteiger partial charge in [0.05, 0.1) is 11.4 Å². The van der Waals surface area contributed by atoms with E-state index in [1.165, 1.54) is 0 Å². The molecule has 0 atom stereocenters. The van der Waals surface area contributed by atoms with Gasteiger partial charge in [0.15, 0.2) is 0 Å². The van der Waals surface area contributed by atoms with Crippen molar-refractivity contribution < 1.29 is 14.7 Å². The number of carbonyl (C=O) groups excluding carboxylic acids is 1. The van der Waals surface area contributed by atoms with Crippen LogP contribution in [0, 0.1) is 6.92 Å². The number of aryl methyl sites for hydroxylation is 1. The number of carbonyl (C=O) groups is 2. The molecule has 1 aromatic heterocycles. The molecule has 2 N–H and O–H groups in total. The van der Waals surface area contributed by atoms with Crippen LogP contribution in [0.15, 0.2) is 30.3 Å². The second kappa shape index (κ2) is 5.93. The first-order valence-electron chi connectivity index (χ1n) is 7.25. The third kappa shape index (κ3) is 3.36. The Labute approximate surface area is 132 Å². The summed E-state index contributed by atoms with van der Waals surface area (Å²) in [4.78, 5) is 23.8. The molecule has 0 bridgehead atoms. The molecular formula is C17H17NO3S. The highest BCUT2D eigenvalue weighted by molar-refractivity contribution is 7.18. The van der Waals surface area contributed by atoms with E-state index >= 15 is 0 Å². The van der Waals surface area contributed by atoms with Crippen molar-refractivity contribution in [1.29, 1.82) is 0 Å². The fraction of sp³-hybridized carbons (Fsp3) is 0.294. The SMILES string of the molecule is Cc1cccc(CC(=O)Nc2cc(C3CC3)c(C(=O)O)s2)c1. The van der Waals surface area contributed by atoms with Gasteiger partial charge in [-0.2, -0.15) is 0 Å². The first-order chi connectivity index (χ1) is 10.5. The summed E-state index contributed by atoms with van der Waals surface area (Å²) in [5.74, 6) is -0.679. The molecule has 4 nitrogen and oxygen atoms in total. The summed E-state index contributed by atoms with van der Waals surface area (Å²) < 4.78 is 0. The van der Waals surface area contributed by atoms with Crippen LogP contribution < -0.4 is 5.32 Å². The molecule has 1 fully saturated rings. The summed E-state index contributed by atoms with van der Waals surface area (Å²) in [7, 11) is 0. The number of hydrogen-bond donors (Lipinski definition) is 2. The highest BCUT2D eigenvalue weighted by Crippen LogP contribution is 2.45. The Hall–Kier alpha value is -2.14. The van der Waals surface area contributed by atoms with E-state index in [4.69, 9.17) is 0 Å². The number of thiophene rings is 1. The third-order valence-corrected chi connectivity index (χ3v) is 4.74. The van der Waals surface area contributed by atoms with E-state index in [9.17, 15) is 14.7 Å². The number of rotatable bonds is 5. The zero-order valence-electron chi connectivity index (χ0n) is 12.3. The second-order valence-corrected chi connectivity index (χ2v) is 6.74. The van der Waals surface area contributed by atoms with E-state index in [0.29, 0.717) is 22.2 Å². The number of carboxylic acids is 1. The van der Waals surface area contributed by atoms with E-state index in [0.717, 1.165) is 40.9 Å². The smallest absolute Gasteiger partial charge is 0.346 e. The van der Waals surface area contributed by atoms with Gasteiger partial charge in [-0.3, -0.25) is 4.79 Å². The Morgan fingerprint density at radius 2 is 2.09 bits per heavy atom. The number of aromatic carboxylic acids is 1. The number of amides is 1. The van der Waals surface area contributed by atoms with Gasteiger partial charge in [0, 0.05) is 0 Å². The van der Waals surface area contributed by atoms with Crippen LogP contribution in [0.1, 0.15) is 45.1 Å². The molecule has 114 valence electrons. The molecule has 1 saturated carbocycles. The van der Waals surface area contributed by atoms with E-state index in [-0.39, 0.29) is 5.91 Å². The maximum absolute atomic E-state index is 12.1. The third-order valence-electron chi connectivity index (χ3n) is 3.68. The van der Waals surface area contributed by atoms with Crippen molar-refractivity contribution in [3.63, 3.8) is 0 Å². The molecule has 1 heterocycles. The summed E-state index contributed by atoms with van der Waals surface area (Å²) in [5, 5.41) is 12.7. The molecule has 0 saturated heterocycles. The van der Waals surface area contributed by atoms with Crippen molar-refractivity contribution in [2.75, 3.05) is 5.32 Å². The van der Waals surface area contributed by atoms with E-state index in [2.05, 4.69) is 5.32 Å². The second-order valence-electron chi connectivity index (χ2n) is 5.69. The molecule has 1 aromatic carbocycles. The summed E-state index contributed by atoms with van der Waals surface area (Å²) in [6.07, 6.45) is 2.36. The fourth-order valence-electron chi connectivity index (χ4n) is 2.52. The van der Waals surface area contributed by atoms with Gasteiger partial charge in [0.25, 0.3) is 0 Å². The summed E-state index contributed by atoms with van der Waals surface area (Å²) in [6, 6.07) is 9.63. The van der Waals surface area contributed by atoms with Gasteiger partial charge in [0.2, 0.25) is 5.91 Å². The lowest BCUT2D eigenvalue weighted by molar-refractivity contribution is -0.115. The number of anilines is 1. The van der Waals surface area contributed by atoms with Crippen LogP contribution >= 0.6 is 11.3 Å². The first kappa shape index (κ1) is 14.8. The zero-order chi connectivity index (χ0) is 15.7. The Kier molecular flexibility index (Phi) is 3.98. The van der Waals surface area contributed by atoms with Gasteiger partial charge >= 0.3 is 5.97 Å². The van der Waals surface area contributed by atoms with Crippen LogP contribution in [0.2, 0.25) is 0 Å². The van der Waals surface area contributed by atoms with Crippen molar-refractivity contribution in [3.8, 4) is 0 Å². The predicted octanol–water partition coefficient (Wildman–Crippen LogP) is 3.81. The van der Waals surface area contributed by atoms with Crippen molar-refractivity contribution in [1.82, 2.24) is 0 Å². The predicted molar refractivity (Wildman–Crippen MR) is 86.8 cm³/mol. The summed E-state index contributed by atoms with van der Waals surface area (Å²) >= 11 is 1.15. The average Bonchev–Trinajstić information content (AvgIpc) is 3.20. The minimum atomic E-state index is -0.911. The highest BCUT2D eigenvalue weighted by atomic mass is 32.1. The molecule has 2 aromatic rings.